The van der Waals surface area contributed by atoms with Gasteiger partial charge < -0.3 is 10.1 Å². The number of nitrogens with one attached hydrogen (secondary N) is 1. The number of aryl methyl sites for hydroxylation is 2. The van der Waals surface area contributed by atoms with E-state index in [1.54, 1.807) is 0 Å². The zero-order valence-electron chi connectivity index (χ0n) is 16.2. The van der Waals surface area contributed by atoms with Crippen LogP contribution in [0.3, 0.4) is 0 Å². The molecule has 0 bridgehead atoms. The van der Waals surface area contributed by atoms with E-state index < -0.39 is 0 Å². The molecule has 0 saturated heterocycles. The molecule has 2 unspecified atom stereocenters. The largest absolute Gasteiger partial charge is 0.489 e. The van der Waals surface area contributed by atoms with E-state index in [-0.39, 0.29) is 18.1 Å². The minimum absolute atomic E-state index is 0.124. The van der Waals surface area contributed by atoms with Gasteiger partial charge in [-0.15, -0.1) is 0 Å². The van der Waals surface area contributed by atoms with Crippen LogP contribution in [0.4, 0.5) is 0 Å². The van der Waals surface area contributed by atoms with Crippen LogP contribution in [0.15, 0.2) is 42.5 Å². The van der Waals surface area contributed by atoms with Crippen molar-refractivity contribution in [3.8, 4) is 5.75 Å². The first kappa shape index (κ1) is 18.1. The monoisotopic (exact) mass is 364 g/mol. The summed E-state index contributed by atoms with van der Waals surface area (Å²) >= 11 is 0. The molecule has 0 radical (unpaired) electrons. The smallest absolute Gasteiger partial charge is 0.221 e. The fraction of sp³-hybridized carbons (Fsp3) is 0.435. The molecule has 2 aromatic carbocycles. The van der Waals surface area contributed by atoms with Gasteiger partial charge in [-0.3, -0.25) is 9.69 Å². The van der Waals surface area contributed by atoms with Gasteiger partial charge in [0.1, 0.15) is 11.9 Å². The summed E-state index contributed by atoms with van der Waals surface area (Å²) in [5, 5.41) is 3.23. The van der Waals surface area contributed by atoms with Crippen LogP contribution >= 0.6 is 0 Å². The van der Waals surface area contributed by atoms with Gasteiger partial charge in [0.15, 0.2) is 0 Å². The molecule has 2 aromatic rings. The van der Waals surface area contributed by atoms with E-state index in [1.165, 1.54) is 22.3 Å². The number of carbonyl (C=O) groups is 1. The van der Waals surface area contributed by atoms with Crippen LogP contribution in [-0.2, 0) is 17.8 Å². The van der Waals surface area contributed by atoms with Crippen molar-refractivity contribution in [3.05, 3.63) is 64.7 Å². The van der Waals surface area contributed by atoms with Crippen molar-refractivity contribution in [1.29, 1.82) is 0 Å². The van der Waals surface area contributed by atoms with E-state index in [4.69, 9.17) is 4.74 Å². The maximum absolute atomic E-state index is 12.5. The Labute approximate surface area is 161 Å². The number of hydrogen-bond donors (Lipinski definition) is 1. The normalized spacial score (nSPS) is 21.7. The molecule has 4 nitrogen and oxygen atoms in total. The van der Waals surface area contributed by atoms with Gasteiger partial charge in [0.25, 0.3) is 0 Å². The minimum Gasteiger partial charge on any atom is -0.489 e. The Bertz CT molecular complexity index is 833. The predicted octanol–water partition coefficient (Wildman–Crippen LogP) is 3.77. The quantitative estimate of drug-likeness (QED) is 0.898. The summed E-state index contributed by atoms with van der Waals surface area (Å²) < 4.78 is 6.05. The van der Waals surface area contributed by atoms with E-state index in [1.807, 2.05) is 0 Å². The van der Waals surface area contributed by atoms with Gasteiger partial charge in [-0.05, 0) is 43.9 Å². The van der Waals surface area contributed by atoms with Crippen molar-refractivity contribution >= 4 is 5.91 Å². The van der Waals surface area contributed by atoms with Crippen LogP contribution in [0.25, 0.3) is 0 Å². The van der Waals surface area contributed by atoms with Crippen molar-refractivity contribution in [1.82, 2.24) is 10.2 Å². The topological polar surface area (TPSA) is 41.6 Å². The first-order chi connectivity index (χ1) is 13.1. The molecule has 4 rings (SSSR count). The van der Waals surface area contributed by atoms with E-state index in [9.17, 15) is 4.79 Å². The summed E-state index contributed by atoms with van der Waals surface area (Å²) in [7, 11) is 0. The van der Waals surface area contributed by atoms with Crippen molar-refractivity contribution in [2.75, 3.05) is 13.1 Å². The maximum Gasteiger partial charge on any atom is 0.221 e. The Morgan fingerprint density at radius 1 is 1.22 bits per heavy atom. The van der Waals surface area contributed by atoms with Crippen LogP contribution in [0, 0.1) is 6.92 Å². The molecule has 2 aliphatic rings. The lowest BCUT2D eigenvalue weighted by Gasteiger charge is -2.22. The zero-order chi connectivity index (χ0) is 18.8. The SMILES string of the molecule is Cc1ccc2c(c1)CN(CCC(=O)NC1CCc3ccccc31)CC(C)O2. The van der Waals surface area contributed by atoms with Gasteiger partial charge >= 0.3 is 0 Å². The molecular weight excluding hydrogens is 336 g/mol. The summed E-state index contributed by atoms with van der Waals surface area (Å²) in [6.07, 6.45) is 2.70. The molecule has 27 heavy (non-hydrogen) atoms. The Hall–Kier alpha value is -2.33. The van der Waals surface area contributed by atoms with Crippen molar-refractivity contribution in [2.45, 2.75) is 51.8 Å². The third kappa shape index (κ3) is 4.16. The molecule has 1 amide bonds. The molecule has 1 heterocycles. The second-order valence-electron chi connectivity index (χ2n) is 7.88. The average Bonchev–Trinajstić information content (AvgIpc) is 2.97. The zero-order valence-corrected chi connectivity index (χ0v) is 16.2. The number of amides is 1. The second kappa shape index (κ2) is 7.73. The van der Waals surface area contributed by atoms with E-state index in [0.29, 0.717) is 6.42 Å². The molecule has 1 aliphatic heterocycles. The highest BCUT2D eigenvalue weighted by molar-refractivity contribution is 5.76. The van der Waals surface area contributed by atoms with Gasteiger partial charge in [-0.25, -0.2) is 0 Å². The first-order valence-electron chi connectivity index (χ1n) is 9.94. The Kier molecular flexibility index (Phi) is 5.17. The Morgan fingerprint density at radius 3 is 2.96 bits per heavy atom. The fourth-order valence-corrected chi connectivity index (χ4v) is 4.27. The van der Waals surface area contributed by atoms with E-state index in [2.05, 4.69) is 66.5 Å². The average molecular weight is 364 g/mol. The molecule has 0 fully saturated rings. The minimum atomic E-state index is 0.124. The van der Waals surface area contributed by atoms with Gasteiger partial charge in [0.05, 0.1) is 6.04 Å². The highest BCUT2D eigenvalue weighted by Gasteiger charge is 2.24. The van der Waals surface area contributed by atoms with Crippen molar-refractivity contribution < 1.29 is 9.53 Å². The third-order valence-corrected chi connectivity index (χ3v) is 5.58. The second-order valence-corrected chi connectivity index (χ2v) is 7.88. The molecular formula is C23H28N2O2. The molecule has 142 valence electrons. The molecule has 4 heteroatoms. The molecule has 0 aromatic heterocycles. The standard InChI is InChI=1S/C23H28N2O2/c1-16-7-10-22-19(13-16)15-25(14-17(2)27-22)12-11-23(26)24-21-9-8-18-5-3-4-6-20(18)21/h3-7,10,13,17,21H,8-9,11-12,14-15H2,1-2H3,(H,24,26). The number of fused-ring (bicyclic) bond motifs is 2. The number of rotatable bonds is 4. The number of hydrogen-bond acceptors (Lipinski definition) is 3. The summed E-state index contributed by atoms with van der Waals surface area (Å²) in [6, 6.07) is 15.0. The fourth-order valence-electron chi connectivity index (χ4n) is 4.27. The summed E-state index contributed by atoms with van der Waals surface area (Å²) in [5.74, 6) is 1.11. The van der Waals surface area contributed by atoms with Crippen molar-refractivity contribution in [2.24, 2.45) is 0 Å². The summed E-state index contributed by atoms with van der Waals surface area (Å²) in [6.45, 7) is 6.62. The van der Waals surface area contributed by atoms with Crippen LogP contribution < -0.4 is 10.1 Å². The molecule has 2 atom stereocenters. The molecule has 0 spiro atoms. The van der Waals surface area contributed by atoms with E-state index in [0.717, 1.165) is 38.2 Å². The van der Waals surface area contributed by atoms with Crippen LogP contribution in [-0.4, -0.2) is 30.0 Å². The van der Waals surface area contributed by atoms with Gasteiger partial charge in [-0.1, -0.05) is 42.0 Å². The number of carbonyl (C=O) groups excluding carboxylic acids is 1. The number of benzene rings is 2. The first-order valence-corrected chi connectivity index (χ1v) is 9.94. The number of nitrogens with zero attached hydrogens (tertiary/aromatic N) is 1. The predicted molar refractivity (Wildman–Crippen MR) is 107 cm³/mol. The Morgan fingerprint density at radius 2 is 2.07 bits per heavy atom. The summed E-state index contributed by atoms with van der Waals surface area (Å²) in [4.78, 5) is 14.9. The van der Waals surface area contributed by atoms with Crippen LogP contribution in [0.5, 0.6) is 5.75 Å². The highest BCUT2D eigenvalue weighted by atomic mass is 16.5. The summed E-state index contributed by atoms with van der Waals surface area (Å²) in [5.41, 5.74) is 5.11. The highest BCUT2D eigenvalue weighted by Crippen LogP contribution is 2.31. The van der Waals surface area contributed by atoms with Crippen LogP contribution in [0.1, 0.15) is 48.1 Å². The lowest BCUT2D eigenvalue weighted by atomic mass is 10.1. The van der Waals surface area contributed by atoms with E-state index >= 15 is 0 Å². The maximum atomic E-state index is 12.5. The lowest BCUT2D eigenvalue weighted by molar-refractivity contribution is -0.122. The van der Waals surface area contributed by atoms with Crippen LogP contribution in [0.2, 0.25) is 0 Å². The number of ether oxygens (including phenoxy) is 1. The van der Waals surface area contributed by atoms with Gasteiger partial charge in [-0.2, -0.15) is 0 Å². The third-order valence-electron chi connectivity index (χ3n) is 5.58. The van der Waals surface area contributed by atoms with Gasteiger partial charge in [0, 0.05) is 31.6 Å². The van der Waals surface area contributed by atoms with Crippen molar-refractivity contribution in [3.63, 3.8) is 0 Å². The molecule has 0 saturated carbocycles. The lowest BCUT2D eigenvalue weighted by Crippen LogP contribution is -2.35. The molecule has 1 aliphatic carbocycles. The molecule has 1 N–H and O–H groups in total. The van der Waals surface area contributed by atoms with Gasteiger partial charge in [0.2, 0.25) is 5.91 Å². The Balaban J connectivity index is 1.35.